The normalized spacial score (nSPS) is 23.2. The number of nitrogens with one attached hydrogen (secondary N) is 1. The number of likely N-dealkylation sites (tertiary alicyclic amines) is 2. The van der Waals surface area contributed by atoms with Gasteiger partial charge in [-0.25, -0.2) is 15.0 Å². The fourth-order valence-electron chi connectivity index (χ4n) is 5.26. The molecule has 2 fully saturated rings. The molecule has 5 rings (SSSR count). The first kappa shape index (κ1) is 25.0. The summed E-state index contributed by atoms with van der Waals surface area (Å²) in [6.07, 6.45) is 1.29. The standard InChI is InChI=1S/C25H28F3N7O2/c1-16-21(31-20-11-19(6-9-30-20)37-25(26,27)28)32-22(18-5-3-8-29-12-18)33-23(16)34-10-4-7-24(13-34)14-35(15-24)17(2)36/h3,5-6,8-9,11-12,16,21H,4,7,10,13-15H2,1-2H3,(H,30,31). The van der Waals surface area contributed by atoms with E-state index in [0.29, 0.717) is 5.84 Å². The number of amidine groups is 2. The monoisotopic (exact) mass is 515 g/mol. The molecule has 37 heavy (non-hydrogen) atoms. The molecule has 12 heteroatoms. The Kier molecular flexibility index (Phi) is 6.50. The zero-order chi connectivity index (χ0) is 26.2. The summed E-state index contributed by atoms with van der Waals surface area (Å²) in [7, 11) is 0. The van der Waals surface area contributed by atoms with E-state index < -0.39 is 12.5 Å². The number of ether oxygens (including phenoxy) is 1. The van der Waals surface area contributed by atoms with Gasteiger partial charge in [-0.3, -0.25) is 9.78 Å². The summed E-state index contributed by atoms with van der Waals surface area (Å²) < 4.78 is 42.2. The Morgan fingerprint density at radius 1 is 1.22 bits per heavy atom. The third kappa shape index (κ3) is 5.52. The van der Waals surface area contributed by atoms with Crippen molar-refractivity contribution in [2.24, 2.45) is 21.3 Å². The highest BCUT2D eigenvalue weighted by Gasteiger charge is 2.48. The van der Waals surface area contributed by atoms with Crippen molar-refractivity contribution in [3.63, 3.8) is 0 Å². The Morgan fingerprint density at radius 3 is 2.73 bits per heavy atom. The average molecular weight is 516 g/mol. The SMILES string of the molecule is CC(=O)N1CC2(CCCN(C3=NC(c4cccnc4)=NC(Nc4cc(OC(F)(F)F)ccn4)C3C)C2)C1. The van der Waals surface area contributed by atoms with Crippen molar-refractivity contribution in [1.82, 2.24) is 19.8 Å². The number of hydrogen-bond acceptors (Lipinski definition) is 8. The Bertz CT molecular complexity index is 1210. The number of anilines is 1. The number of halogens is 3. The first-order valence-corrected chi connectivity index (χ1v) is 12.2. The van der Waals surface area contributed by atoms with E-state index in [0.717, 1.165) is 56.5 Å². The lowest BCUT2D eigenvalue weighted by Crippen LogP contribution is -2.65. The van der Waals surface area contributed by atoms with E-state index >= 15 is 0 Å². The van der Waals surface area contributed by atoms with E-state index in [9.17, 15) is 18.0 Å². The summed E-state index contributed by atoms with van der Waals surface area (Å²) in [5, 5.41) is 3.17. The molecular weight excluding hydrogens is 487 g/mol. The quantitative estimate of drug-likeness (QED) is 0.669. The van der Waals surface area contributed by atoms with E-state index in [1.807, 2.05) is 17.9 Å². The van der Waals surface area contributed by atoms with Gasteiger partial charge in [-0.1, -0.05) is 6.92 Å². The van der Waals surface area contributed by atoms with Crippen LogP contribution in [0.2, 0.25) is 0 Å². The van der Waals surface area contributed by atoms with Crippen molar-refractivity contribution in [3.05, 3.63) is 48.4 Å². The summed E-state index contributed by atoms with van der Waals surface area (Å²) >= 11 is 0. The largest absolute Gasteiger partial charge is 0.573 e. The molecule has 2 aromatic rings. The molecule has 2 unspecified atom stereocenters. The van der Waals surface area contributed by atoms with Crippen LogP contribution >= 0.6 is 0 Å². The number of aromatic nitrogens is 2. The van der Waals surface area contributed by atoms with Crippen LogP contribution in [0.15, 0.2) is 52.8 Å². The Hall–Kier alpha value is -3.70. The molecule has 1 N–H and O–H groups in total. The van der Waals surface area contributed by atoms with Crippen LogP contribution in [0.5, 0.6) is 5.75 Å². The molecule has 3 aliphatic heterocycles. The molecule has 1 amide bonds. The smallest absolute Gasteiger partial charge is 0.406 e. The van der Waals surface area contributed by atoms with Crippen molar-refractivity contribution < 1.29 is 22.7 Å². The lowest BCUT2D eigenvalue weighted by molar-refractivity contribution is -0.274. The van der Waals surface area contributed by atoms with Crippen LogP contribution in [-0.4, -0.2) is 76.1 Å². The molecule has 9 nitrogen and oxygen atoms in total. The van der Waals surface area contributed by atoms with Gasteiger partial charge in [0.25, 0.3) is 0 Å². The van der Waals surface area contributed by atoms with Crippen LogP contribution in [-0.2, 0) is 4.79 Å². The minimum atomic E-state index is -4.80. The molecule has 0 bridgehead atoms. The second kappa shape index (κ2) is 9.64. The summed E-state index contributed by atoms with van der Waals surface area (Å²) in [6, 6.07) is 6.01. The first-order chi connectivity index (χ1) is 17.6. The predicted octanol–water partition coefficient (Wildman–Crippen LogP) is 3.55. The van der Waals surface area contributed by atoms with Crippen LogP contribution in [0.3, 0.4) is 0 Å². The molecular formula is C25H28F3N7O2. The molecule has 2 atom stereocenters. The number of nitrogens with zero attached hydrogens (tertiary/aromatic N) is 6. The summed E-state index contributed by atoms with van der Waals surface area (Å²) in [5.74, 6) is 1.06. The molecule has 5 heterocycles. The number of carbonyl (C=O) groups is 1. The molecule has 196 valence electrons. The van der Waals surface area contributed by atoms with Crippen molar-refractivity contribution in [2.45, 2.75) is 39.2 Å². The van der Waals surface area contributed by atoms with E-state index in [1.165, 1.54) is 12.3 Å². The number of piperidine rings is 1. The topological polar surface area (TPSA) is 95.3 Å². The van der Waals surface area contributed by atoms with Crippen LogP contribution in [0.1, 0.15) is 32.3 Å². The average Bonchev–Trinajstić information content (AvgIpc) is 2.83. The van der Waals surface area contributed by atoms with Crippen molar-refractivity contribution in [2.75, 3.05) is 31.5 Å². The van der Waals surface area contributed by atoms with Crippen LogP contribution in [0, 0.1) is 11.3 Å². The van der Waals surface area contributed by atoms with E-state index in [4.69, 9.17) is 9.98 Å². The number of carbonyl (C=O) groups excluding carboxylic acids is 1. The van der Waals surface area contributed by atoms with Gasteiger partial charge in [-0.05, 0) is 31.0 Å². The maximum atomic E-state index is 12.7. The fraction of sp³-hybridized carbons (Fsp3) is 0.480. The van der Waals surface area contributed by atoms with Gasteiger partial charge < -0.3 is 19.9 Å². The molecule has 1 spiro atoms. The molecule has 2 saturated heterocycles. The van der Waals surface area contributed by atoms with Gasteiger partial charge in [0.1, 0.15) is 23.6 Å². The maximum Gasteiger partial charge on any atom is 0.573 e. The Morgan fingerprint density at radius 2 is 2.03 bits per heavy atom. The van der Waals surface area contributed by atoms with Crippen LogP contribution < -0.4 is 10.1 Å². The number of alkyl halides is 3. The molecule has 3 aliphatic rings. The van der Waals surface area contributed by atoms with Gasteiger partial charge in [-0.2, -0.15) is 0 Å². The molecule has 0 saturated carbocycles. The molecule has 0 aliphatic carbocycles. The number of aliphatic imine (C=N–C) groups is 2. The van der Waals surface area contributed by atoms with Crippen LogP contribution in [0.25, 0.3) is 0 Å². The van der Waals surface area contributed by atoms with Gasteiger partial charge in [0.05, 0.1) is 5.92 Å². The van der Waals surface area contributed by atoms with Gasteiger partial charge in [0.15, 0.2) is 5.84 Å². The summed E-state index contributed by atoms with van der Waals surface area (Å²) in [4.78, 5) is 34.0. The lowest BCUT2D eigenvalue weighted by atomic mass is 9.73. The van der Waals surface area contributed by atoms with Gasteiger partial charge >= 0.3 is 6.36 Å². The zero-order valence-corrected chi connectivity index (χ0v) is 20.6. The van der Waals surface area contributed by atoms with Crippen molar-refractivity contribution in [3.8, 4) is 5.75 Å². The first-order valence-electron chi connectivity index (χ1n) is 12.2. The fourth-order valence-corrected chi connectivity index (χ4v) is 5.26. The summed E-state index contributed by atoms with van der Waals surface area (Å²) in [6.45, 7) is 6.66. The lowest BCUT2D eigenvalue weighted by Gasteiger charge is -2.55. The number of rotatable bonds is 4. The number of pyridine rings is 2. The second-order valence-corrected chi connectivity index (χ2v) is 9.87. The van der Waals surface area contributed by atoms with E-state index in [2.05, 4.69) is 24.9 Å². The zero-order valence-electron chi connectivity index (χ0n) is 20.6. The minimum Gasteiger partial charge on any atom is -0.406 e. The number of amides is 1. The maximum absolute atomic E-state index is 12.7. The van der Waals surface area contributed by atoms with E-state index in [1.54, 1.807) is 25.4 Å². The third-order valence-electron chi connectivity index (χ3n) is 7.03. The van der Waals surface area contributed by atoms with Crippen molar-refractivity contribution >= 4 is 23.4 Å². The minimum absolute atomic E-state index is 0.0446. The second-order valence-electron chi connectivity index (χ2n) is 9.87. The number of hydrogen-bond donors (Lipinski definition) is 1. The Balaban J connectivity index is 1.41. The molecule has 2 aromatic heterocycles. The van der Waals surface area contributed by atoms with Gasteiger partial charge in [0.2, 0.25) is 5.91 Å². The third-order valence-corrected chi connectivity index (χ3v) is 7.03. The summed E-state index contributed by atoms with van der Waals surface area (Å²) in [5.41, 5.74) is 0.780. The highest BCUT2D eigenvalue weighted by atomic mass is 19.4. The molecule has 0 aromatic carbocycles. The Labute approximate surface area is 212 Å². The van der Waals surface area contributed by atoms with Crippen molar-refractivity contribution in [1.29, 1.82) is 0 Å². The predicted molar refractivity (Wildman–Crippen MR) is 131 cm³/mol. The van der Waals surface area contributed by atoms with Gasteiger partial charge in [-0.15, -0.1) is 13.2 Å². The van der Waals surface area contributed by atoms with E-state index in [-0.39, 0.29) is 28.8 Å². The molecule has 0 radical (unpaired) electrons. The van der Waals surface area contributed by atoms with Crippen LogP contribution in [0.4, 0.5) is 19.0 Å². The van der Waals surface area contributed by atoms with Gasteiger partial charge in [0, 0.05) is 68.7 Å². The highest BCUT2D eigenvalue weighted by molar-refractivity contribution is 6.08. The highest BCUT2D eigenvalue weighted by Crippen LogP contribution is 2.40.